The van der Waals surface area contributed by atoms with Gasteiger partial charge in [-0.1, -0.05) is 0 Å². The highest BCUT2D eigenvalue weighted by atomic mass is 19.1. The average Bonchev–Trinajstić information content (AvgIpc) is 3.12. The maximum Gasteiger partial charge on any atom is 0.249 e. The Bertz CT molecular complexity index is 561. The maximum atomic E-state index is 13.0. The van der Waals surface area contributed by atoms with Crippen molar-refractivity contribution in [3.05, 3.63) is 30.1 Å². The summed E-state index contributed by atoms with van der Waals surface area (Å²) >= 11 is 0. The SMILES string of the molecule is NC[C@H]1CC[C@@H](C(=O)NCCN2CCN(c3ccc(F)cc3)CC2)O1. The third-order valence-corrected chi connectivity index (χ3v) is 4.95. The highest BCUT2D eigenvalue weighted by Crippen LogP contribution is 2.19. The third-order valence-electron chi connectivity index (χ3n) is 4.95. The molecule has 3 N–H and O–H groups in total. The van der Waals surface area contributed by atoms with Crippen LogP contribution in [0.25, 0.3) is 0 Å². The van der Waals surface area contributed by atoms with Crippen LogP contribution in [0.4, 0.5) is 10.1 Å². The standard InChI is InChI=1S/C18H27FN4O2/c19-14-1-3-15(4-2-14)23-11-9-22(10-12-23)8-7-21-18(24)17-6-5-16(13-20)25-17/h1-4,16-17H,5-13,20H2,(H,21,24)/t16-,17+/m1/s1. The molecule has 2 aliphatic heterocycles. The van der Waals surface area contributed by atoms with Gasteiger partial charge in [0.05, 0.1) is 6.10 Å². The molecule has 25 heavy (non-hydrogen) atoms. The molecule has 0 unspecified atom stereocenters. The van der Waals surface area contributed by atoms with E-state index in [4.69, 9.17) is 10.5 Å². The van der Waals surface area contributed by atoms with Gasteiger partial charge in [-0.2, -0.15) is 0 Å². The summed E-state index contributed by atoms with van der Waals surface area (Å²) in [4.78, 5) is 16.7. The van der Waals surface area contributed by atoms with Crippen molar-refractivity contribution in [3.8, 4) is 0 Å². The number of anilines is 1. The summed E-state index contributed by atoms with van der Waals surface area (Å²) in [5.41, 5.74) is 6.63. The fourth-order valence-corrected chi connectivity index (χ4v) is 3.40. The zero-order valence-corrected chi connectivity index (χ0v) is 14.5. The average molecular weight is 350 g/mol. The van der Waals surface area contributed by atoms with Crippen LogP contribution in [0.15, 0.2) is 24.3 Å². The molecule has 0 aliphatic carbocycles. The van der Waals surface area contributed by atoms with Crippen molar-refractivity contribution in [3.63, 3.8) is 0 Å². The molecule has 0 bridgehead atoms. The van der Waals surface area contributed by atoms with E-state index in [2.05, 4.69) is 15.1 Å². The number of nitrogens with one attached hydrogen (secondary N) is 1. The van der Waals surface area contributed by atoms with Crippen LogP contribution in [0, 0.1) is 5.82 Å². The number of ether oxygens (including phenoxy) is 1. The number of rotatable bonds is 6. The number of halogens is 1. The van der Waals surface area contributed by atoms with Crippen molar-refractivity contribution >= 4 is 11.6 Å². The summed E-state index contributed by atoms with van der Waals surface area (Å²) in [6, 6.07) is 6.64. The van der Waals surface area contributed by atoms with Crippen LogP contribution in [0.3, 0.4) is 0 Å². The molecule has 2 heterocycles. The van der Waals surface area contributed by atoms with E-state index >= 15 is 0 Å². The Morgan fingerprint density at radius 2 is 1.92 bits per heavy atom. The quantitative estimate of drug-likeness (QED) is 0.785. The number of carbonyl (C=O) groups excluding carboxylic acids is 1. The Kier molecular flexibility index (Phi) is 6.23. The number of carbonyl (C=O) groups is 1. The zero-order chi connectivity index (χ0) is 17.6. The number of nitrogens with two attached hydrogens (primary N) is 1. The van der Waals surface area contributed by atoms with Crippen LogP contribution in [0.1, 0.15) is 12.8 Å². The van der Waals surface area contributed by atoms with E-state index in [0.29, 0.717) is 13.1 Å². The zero-order valence-electron chi connectivity index (χ0n) is 14.5. The van der Waals surface area contributed by atoms with Crippen LogP contribution in [-0.4, -0.2) is 68.8 Å². The van der Waals surface area contributed by atoms with Gasteiger partial charge in [0.2, 0.25) is 5.91 Å². The van der Waals surface area contributed by atoms with Gasteiger partial charge in [0, 0.05) is 51.5 Å². The van der Waals surface area contributed by atoms with Gasteiger partial charge in [-0.05, 0) is 37.1 Å². The summed E-state index contributed by atoms with van der Waals surface area (Å²) in [7, 11) is 0. The lowest BCUT2D eigenvalue weighted by Gasteiger charge is -2.36. The lowest BCUT2D eigenvalue weighted by Crippen LogP contribution is -2.49. The number of piperazine rings is 1. The molecule has 1 amide bonds. The summed E-state index contributed by atoms with van der Waals surface area (Å²) in [5.74, 6) is -0.233. The van der Waals surface area contributed by atoms with Crippen molar-refractivity contribution in [1.29, 1.82) is 0 Å². The maximum absolute atomic E-state index is 13.0. The first-order valence-electron chi connectivity index (χ1n) is 9.02. The monoisotopic (exact) mass is 350 g/mol. The van der Waals surface area contributed by atoms with Crippen LogP contribution < -0.4 is 16.0 Å². The molecule has 138 valence electrons. The second-order valence-corrected chi connectivity index (χ2v) is 6.66. The van der Waals surface area contributed by atoms with Crippen LogP contribution >= 0.6 is 0 Å². The minimum atomic E-state index is -0.344. The van der Waals surface area contributed by atoms with Gasteiger partial charge in [-0.3, -0.25) is 9.69 Å². The molecule has 0 radical (unpaired) electrons. The Balaban J connectivity index is 1.34. The fraction of sp³-hybridized carbons (Fsp3) is 0.611. The summed E-state index contributed by atoms with van der Waals surface area (Å²) in [5, 5.41) is 2.96. The largest absolute Gasteiger partial charge is 0.369 e. The molecular formula is C18H27FN4O2. The van der Waals surface area contributed by atoms with E-state index in [0.717, 1.165) is 51.3 Å². The number of benzene rings is 1. The Hall–Kier alpha value is -1.70. The van der Waals surface area contributed by atoms with Crippen molar-refractivity contribution in [1.82, 2.24) is 10.2 Å². The molecule has 2 atom stereocenters. The van der Waals surface area contributed by atoms with Gasteiger partial charge in [0.25, 0.3) is 0 Å². The van der Waals surface area contributed by atoms with Crippen LogP contribution in [0.5, 0.6) is 0 Å². The fourth-order valence-electron chi connectivity index (χ4n) is 3.40. The molecule has 7 heteroatoms. The van der Waals surface area contributed by atoms with Crippen molar-refractivity contribution < 1.29 is 13.9 Å². The first-order valence-corrected chi connectivity index (χ1v) is 9.02. The molecule has 2 aliphatic rings. The minimum Gasteiger partial charge on any atom is -0.369 e. The summed E-state index contributed by atoms with van der Waals surface area (Å²) in [6.07, 6.45) is 1.29. The smallest absolute Gasteiger partial charge is 0.249 e. The molecule has 0 aromatic heterocycles. The first-order chi connectivity index (χ1) is 12.2. The molecule has 2 saturated heterocycles. The van der Waals surface area contributed by atoms with E-state index in [1.807, 2.05) is 12.1 Å². The van der Waals surface area contributed by atoms with Gasteiger partial charge in [-0.15, -0.1) is 0 Å². The van der Waals surface area contributed by atoms with Gasteiger partial charge < -0.3 is 20.7 Å². The number of amides is 1. The van der Waals surface area contributed by atoms with Crippen molar-refractivity contribution in [2.24, 2.45) is 5.73 Å². The van der Waals surface area contributed by atoms with Crippen LogP contribution in [-0.2, 0) is 9.53 Å². The predicted molar refractivity (Wildman–Crippen MR) is 95.0 cm³/mol. The highest BCUT2D eigenvalue weighted by Gasteiger charge is 2.29. The summed E-state index contributed by atoms with van der Waals surface area (Å²) < 4.78 is 18.6. The van der Waals surface area contributed by atoms with E-state index in [1.165, 1.54) is 12.1 Å². The molecule has 1 aromatic rings. The lowest BCUT2D eigenvalue weighted by molar-refractivity contribution is -0.131. The molecule has 1 aromatic carbocycles. The van der Waals surface area contributed by atoms with Gasteiger partial charge >= 0.3 is 0 Å². The Labute approximate surface area is 148 Å². The van der Waals surface area contributed by atoms with Crippen molar-refractivity contribution in [2.45, 2.75) is 25.0 Å². The highest BCUT2D eigenvalue weighted by molar-refractivity contribution is 5.81. The molecule has 3 rings (SSSR count). The molecule has 6 nitrogen and oxygen atoms in total. The van der Waals surface area contributed by atoms with E-state index in [-0.39, 0.29) is 23.9 Å². The number of nitrogens with zero attached hydrogens (tertiary/aromatic N) is 2. The second-order valence-electron chi connectivity index (χ2n) is 6.66. The topological polar surface area (TPSA) is 70.8 Å². The molecule has 2 fully saturated rings. The van der Waals surface area contributed by atoms with E-state index in [1.54, 1.807) is 0 Å². The van der Waals surface area contributed by atoms with Crippen molar-refractivity contribution in [2.75, 3.05) is 50.7 Å². The van der Waals surface area contributed by atoms with Crippen LogP contribution in [0.2, 0.25) is 0 Å². The first kappa shape index (κ1) is 18.1. The summed E-state index contributed by atoms with van der Waals surface area (Å²) in [6.45, 7) is 5.61. The molecular weight excluding hydrogens is 323 g/mol. The van der Waals surface area contributed by atoms with Gasteiger partial charge in [-0.25, -0.2) is 4.39 Å². The van der Waals surface area contributed by atoms with Gasteiger partial charge in [0.1, 0.15) is 11.9 Å². The molecule has 0 spiro atoms. The predicted octanol–water partition coefficient (Wildman–Crippen LogP) is 0.570. The molecule has 0 saturated carbocycles. The Morgan fingerprint density at radius 1 is 1.20 bits per heavy atom. The number of hydrogen-bond donors (Lipinski definition) is 2. The number of hydrogen-bond acceptors (Lipinski definition) is 5. The lowest BCUT2D eigenvalue weighted by atomic mass is 10.2. The second kappa shape index (κ2) is 8.60. The van der Waals surface area contributed by atoms with Gasteiger partial charge in [0.15, 0.2) is 0 Å². The third kappa shape index (κ3) is 4.90. The van der Waals surface area contributed by atoms with E-state index in [9.17, 15) is 9.18 Å². The minimum absolute atomic E-state index is 0.0234. The normalized spacial score (nSPS) is 24.5. The van der Waals surface area contributed by atoms with E-state index < -0.39 is 0 Å². The Morgan fingerprint density at radius 3 is 2.56 bits per heavy atom.